The summed E-state index contributed by atoms with van der Waals surface area (Å²) in [6.07, 6.45) is 0.0836. The van der Waals surface area contributed by atoms with Crippen molar-refractivity contribution in [2.75, 3.05) is 0 Å². The zero-order valence-electron chi connectivity index (χ0n) is 13.0. The smallest absolute Gasteiger partial charge is 0.322 e. The Kier molecular flexibility index (Phi) is 5.18. The van der Waals surface area contributed by atoms with Crippen LogP contribution in [0.5, 0.6) is 0 Å². The molecule has 0 aliphatic carbocycles. The summed E-state index contributed by atoms with van der Waals surface area (Å²) < 4.78 is 27.4. The maximum absolute atomic E-state index is 12.5. The molecule has 0 unspecified atom stereocenters. The molecule has 0 heterocycles. The van der Waals surface area contributed by atoms with Crippen LogP contribution in [-0.4, -0.2) is 25.5 Å². The molecular weight excluding hydrogens is 314 g/mol. The van der Waals surface area contributed by atoms with Gasteiger partial charge in [-0.05, 0) is 43.0 Å². The summed E-state index contributed by atoms with van der Waals surface area (Å²) in [7, 11) is -3.91. The normalized spacial score (nSPS) is 12.8. The Hall–Kier alpha value is -2.18. The average molecular weight is 333 g/mol. The number of nitrogens with one attached hydrogen (secondary N) is 1. The molecule has 2 N–H and O–H groups in total. The van der Waals surface area contributed by atoms with E-state index in [4.69, 9.17) is 0 Å². The molecule has 1 atom stereocenters. The molecule has 5 nitrogen and oxygen atoms in total. The van der Waals surface area contributed by atoms with Crippen LogP contribution in [0.1, 0.15) is 16.7 Å². The Labute approximate surface area is 136 Å². The van der Waals surface area contributed by atoms with E-state index in [0.717, 1.165) is 11.1 Å². The lowest BCUT2D eigenvalue weighted by atomic mass is 10.1. The van der Waals surface area contributed by atoms with Gasteiger partial charge < -0.3 is 5.11 Å². The minimum atomic E-state index is -3.91. The lowest BCUT2D eigenvalue weighted by molar-refractivity contribution is -0.138. The second kappa shape index (κ2) is 6.93. The molecular formula is C17H19NO4S. The quantitative estimate of drug-likeness (QED) is 0.849. The van der Waals surface area contributed by atoms with Gasteiger partial charge in [-0.1, -0.05) is 42.5 Å². The second-order valence-corrected chi connectivity index (χ2v) is 7.15. The lowest BCUT2D eigenvalue weighted by Crippen LogP contribution is -2.42. The van der Waals surface area contributed by atoms with Crippen LogP contribution in [0.4, 0.5) is 0 Å². The van der Waals surface area contributed by atoms with Gasteiger partial charge in [0.15, 0.2) is 0 Å². The summed E-state index contributed by atoms with van der Waals surface area (Å²) >= 11 is 0. The molecule has 0 amide bonds. The van der Waals surface area contributed by atoms with Crippen molar-refractivity contribution in [1.29, 1.82) is 0 Å². The van der Waals surface area contributed by atoms with Gasteiger partial charge >= 0.3 is 5.97 Å². The fourth-order valence-electron chi connectivity index (χ4n) is 2.28. The highest BCUT2D eigenvalue weighted by Crippen LogP contribution is 2.17. The number of carboxylic acid groups (broad SMARTS) is 1. The number of sulfonamides is 1. The van der Waals surface area contributed by atoms with E-state index in [0.29, 0.717) is 5.56 Å². The van der Waals surface area contributed by atoms with Crippen molar-refractivity contribution in [3.05, 3.63) is 65.2 Å². The number of aryl methyl sites for hydroxylation is 2. The molecule has 2 rings (SSSR count). The number of benzene rings is 2. The van der Waals surface area contributed by atoms with E-state index < -0.39 is 22.0 Å². The van der Waals surface area contributed by atoms with E-state index in [2.05, 4.69) is 4.72 Å². The predicted octanol–water partition coefficient (Wildman–Crippen LogP) is 2.28. The van der Waals surface area contributed by atoms with E-state index in [1.807, 2.05) is 12.1 Å². The number of aliphatic carboxylic acids is 1. The third kappa shape index (κ3) is 4.40. The molecule has 2 aromatic rings. The predicted molar refractivity (Wildman–Crippen MR) is 87.8 cm³/mol. The Morgan fingerprint density at radius 2 is 1.78 bits per heavy atom. The number of carbonyl (C=O) groups is 1. The van der Waals surface area contributed by atoms with E-state index in [1.165, 1.54) is 0 Å². The van der Waals surface area contributed by atoms with Crippen LogP contribution >= 0.6 is 0 Å². The number of hydrogen-bond acceptors (Lipinski definition) is 3. The molecule has 0 saturated heterocycles. The fraction of sp³-hybridized carbons (Fsp3) is 0.235. The minimum absolute atomic E-state index is 0.0836. The van der Waals surface area contributed by atoms with Gasteiger partial charge in [0.2, 0.25) is 10.0 Å². The fourth-order valence-corrected chi connectivity index (χ4v) is 3.80. The van der Waals surface area contributed by atoms with E-state index in [1.54, 1.807) is 50.2 Å². The van der Waals surface area contributed by atoms with Crippen molar-refractivity contribution in [2.45, 2.75) is 31.2 Å². The maximum atomic E-state index is 12.5. The average Bonchev–Trinajstić information content (AvgIpc) is 2.49. The van der Waals surface area contributed by atoms with Crippen molar-refractivity contribution >= 4 is 16.0 Å². The Balaban J connectivity index is 2.28. The van der Waals surface area contributed by atoms with E-state index in [9.17, 15) is 18.3 Å². The van der Waals surface area contributed by atoms with Crippen LogP contribution in [0.25, 0.3) is 0 Å². The largest absolute Gasteiger partial charge is 0.480 e. The van der Waals surface area contributed by atoms with Crippen LogP contribution in [0.15, 0.2) is 53.4 Å². The first kappa shape index (κ1) is 17.2. The zero-order chi connectivity index (χ0) is 17.0. The van der Waals surface area contributed by atoms with Crippen molar-refractivity contribution in [3.8, 4) is 0 Å². The number of rotatable bonds is 6. The summed E-state index contributed by atoms with van der Waals surface area (Å²) in [6.45, 7) is 3.47. The van der Waals surface area contributed by atoms with Gasteiger partial charge in [0.25, 0.3) is 0 Å². The third-order valence-corrected chi connectivity index (χ3v) is 5.12. The van der Waals surface area contributed by atoms with Crippen LogP contribution in [0.3, 0.4) is 0 Å². The molecule has 0 saturated carbocycles. The summed E-state index contributed by atoms with van der Waals surface area (Å²) in [5.74, 6) is -1.21. The van der Waals surface area contributed by atoms with Crippen molar-refractivity contribution in [1.82, 2.24) is 4.72 Å². The Morgan fingerprint density at radius 3 is 2.39 bits per heavy atom. The van der Waals surface area contributed by atoms with Gasteiger partial charge in [-0.2, -0.15) is 4.72 Å². The molecule has 6 heteroatoms. The van der Waals surface area contributed by atoms with Crippen LogP contribution < -0.4 is 4.72 Å². The highest BCUT2D eigenvalue weighted by Gasteiger charge is 2.26. The third-order valence-electron chi connectivity index (χ3n) is 3.51. The van der Waals surface area contributed by atoms with Crippen molar-refractivity contribution in [3.63, 3.8) is 0 Å². The summed E-state index contributed by atoms with van der Waals surface area (Å²) in [5.41, 5.74) is 2.13. The Morgan fingerprint density at radius 1 is 1.13 bits per heavy atom. The highest BCUT2D eigenvalue weighted by molar-refractivity contribution is 7.89. The zero-order valence-corrected chi connectivity index (χ0v) is 13.8. The topological polar surface area (TPSA) is 83.5 Å². The van der Waals surface area contributed by atoms with Crippen molar-refractivity contribution < 1.29 is 18.3 Å². The molecule has 122 valence electrons. The second-order valence-electron chi connectivity index (χ2n) is 5.47. The minimum Gasteiger partial charge on any atom is -0.480 e. The molecule has 0 spiro atoms. The van der Waals surface area contributed by atoms with Crippen LogP contribution in [0, 0.1) is 13.8 Å². The van der Waals surface area contributed by atoms with Gasteiger partial charge in [-0.3, -0.25) is 4.79 Å². The first-order chi connectivity index (χ1) is 10.8. The van der Waals surface area contributed by atoms with Gasteiger partial charge in [-0.15, -0.1) is 0 Å². The van der Waals surface area contributed by atoms with Gasteiger partial charge in [0, 0.05) is 0 Å². The molecule has 0 aliphatic rings. The van der Waals surface area contributed by atoms with Gasteiger partial charge in [-0.25, -0.2) is 8.42 Å². The van der Waals surface area contributed by atoms with Gasteiger partial charge in [0.05, 0.1) is 4.90 Å². The highest BCUT2D eigenvalue weighted by atomic mass is 32.2. The molecule has 0 radical (unpaired) electrons. The SMILES string of the molecule is Cc1ccc(C)c(S(=O)(=O)N[C@@H](Cc2ccccc2)C(=O)O)c1. The summed E-state index contributed by atoms with van der Waals surface area (Å²) in [5, 5.41) is 9.34. The molecule has 23 heavy (non-hydrogen) atoms. The molecule has 0 fully saturated rings. The Bertz CT molecular complexity index is 801. The molecule has 0 bridgehead atoms. The molecule has 0 aliphatic heterocycles. The van der Waals surface area contributed by atoms with E-state index in [-0.39, 0.29) is 11.3 Å². The lowest BCUT2D eigenvalue weighted by Gasteiger charge is -2.16. The molecule has 0 aromatic heterocycles. The van der Waals surface area contributed by atoms with Gasteiger partial charge in [0.1, 0.15) is 6.04 Å². The van der Waals surface area contributed by atoms with Crippen molar-refractivity contribution in [2.24, 2.45) is 0 Å². The maximum Gasteiger partial charge on any atom is 0.322 e. The standard InChI is InChI=1S/C17H19NO4S/c1-12-8-9-13(2)16(10-12)23(21,22)18-15(17(19)20)11-14-6-4-3-5-7-14/h3-10,15,18H,11H2,1-2H3,(H,19,20)/t15-/m0/s1. The number of carboxylic acids is 1. The first-order valence-electron chi connectivity index (χ1n) is 7.16. The number of hydrogen-bond donors (Lipinski definition) is 2. The van der Waals surface area contributed by atoms with Crippen LogP contribution in [-0.2, 0) is 21.2 Å². The van der Waals surface area contributed by atoms with E-state index >= 15 is 0 Å². The molecule has 2 aromatic carbocycles. The summed E-state index contributed by atoms with van der Waals surface area (Å²) in [4.78, 5) is 11.5. The monoisotopic (exact) mass is 333 g/mol. The summed E-state index contributed by atoms with van der Waals surface area (Å²) in [6, 6.07) is 12.8. The first-order valence-corrected chi connectivity index (χ1v) is 8.64. The van der Waals surface area contributed by atoms with Crippen LogP contribution in [0.2, 0.25) is 0 Å².